The predicted molar refractivity (Wildman–Crippen MR) is 52.5 cm³/mol. The minimum absolute atomic E-state index is 0.0636. The maximum Gasteiger partial charge on any atom is 0.163 e. The summed E-state index contributed by atoms with van der Waals surface area (Å²) in [4.78, 5) is 11.5. The van der Waals surface area contributed by atoms with Gasteiger partial charge in [0.25, 0.3) is 0 Å². The molecule has 0 heterocycles. The van der Waals surface area contributed by atoms with Gasteiger partial charge in [0.15, 0.2) is 5.78 Å². The Morgan fingerprint density at radius 3 is 2.62 bits per heavy atom. The summed E-state index contributed by atoms with van der Waals surface area (Å²) in [6, 6.07) is 0. The van der Waals surface area contributed by atoms with E-state index in [0.29, 0.717) is 24.8 Å². The van der Waals surface area contributed by atoms with Crippen LogP contribution in [-0.2, 0) is 4.79 Å². The molecule has 1 aliphatic rings. The molecule has 2 heteroatoms. The molecule has 13 heavy (non-hydrogen) atoms. The number of carbonyl (C=O) groups is 1. The van der Waals surface area contributed by atoms with Crippen LogP contribution in [0, 0.1) is 5.41 Å². The van der Waals surface area contributed by atoms with Gasteiger partial charge in [-0.05, 0) is 11.8 Å². The third kappa shape index (κ3) is 2.20. The topological polar surface area (TPSA) is 37.3 Å². The van der Waals surface area contributed by atoms with Gasteiger partial charge in [0, 0.05) is 18.4 Å². The lowest BCUT2D eigenvalue weighted by molar-refractivity contribution is -0.118. The lowest BCUT2D eigenvalue weighted by Gasteiger charge is -2.29. The van der Waals surface area contributed by atoms with Gasteiger partial charge in [0.1, 0.15) is 0 Å². The molecule has 0 radical (unpaired) electrons. The molecular formula is C11H16O2. The van der Waals surface area contributed by atoms with Gasteiger partial charge in [-0.15, -0.1) is 6.58 Å². The zero-order chi connectivity index (χ0) is 10.1. The molecule has 1 N–H and O–H groups in total. The first-order valence-electron chi connectivity index (χ1n) is 4.51. The maximum atomic E-state index is 11.5. The summed E-state index contributed by atoms with van der Waals surface area (Å²) in [6.45, 7) is 7.55. The second-order valence-corrected chi connectivity index (χ2v) is 4.36. The Morgan fingerprint density at radius 2 is 2.15 bits per heavy atom. The number of allylic oxidation sites excluding steroid dienone is 3. The molecule has 1 aliphatic carbocycles. The molecule has 0 spiro atoms. The molecule has 0 fully saturated rings. The fraction of sp³-hybridized carbons (Fsp3) is 0.545. The highest BCUT2D eigenvalue weighted by molar-refractivity contribution is 5.97. The molecule has 0 saturated carbocycles. The van der Waals surface area contributed by atoms with Crippen molar-refractivity contribution in [3.05, 3.63) is 24.0 Å². The number of hydrogen-bond acceptors (Lipinski definition) is 2. The first-order valence-corrected chi connectivity index (χ1v) is 4.51. The average molecular weight is 180 g/mol. The van der Waals surface area contributed by atoms with Crippen molar-refractivity contribution in [2.24, 2.45) is 5.41 Å². The minimum atomic E-state index is -0.0914. The summed E-state index contributed by atoms with van der Waals surface area (Å²) < 4.78 is 0. The van der Waals surface area contributed by atoms with E-state index in [1.807, 2.05) is 13.8 Å². The zero-order valence-corrected chi connectivity index (χ0v) is 8.26. The average Bonchev–Trinajstić information content (AvgIpc) is 1.94. The van der Waals surface area contributed by atoms with Crippen LogP contribution in [0.1, 0.15) is 33.1 Å². The fourth-order valence-electron chi connectivity index (χ4n) is 1.70. The van der Waals surface area contributed by atoms with Crippen LogP contribution in [0.15, 0.2) is 24.0 Å². The molecule has 0 saturated heterocycles. The summed E-state index contributed by atoms with van der Waals surface area (Å²) in [5.74, 6) is 0.315. The highest BCUT2D eigenvalue weighted by Gasteiger charge is 2.31. The molecule has 2 nitrogen and oxygen atoms in total. The number of hydrogen-bond donors (Lipinski definition) is 1. The molecule has 72 valence electrons. The zero-order valence-electron chi connectivity index (χ0n) is 8.26. The second-order valence-electron chi connectivity index (χ2n) is 4.36. The molecule has 0 aromatic rings. The molecular weight excluding hydrogens is 164 g/mol. The van der Waals surface area contributed by atoms with E-state index in [0.717, 1.165) is 0 Å². The van der Waals surface area contributed by atoms with Crippen molar-refractivity contribution in [3.8, 4) is 0 Å². The van der Waals surface area contributed by atoms with Crippen LogP contribution in [0.5, 0.6) is 0 Å². The molecule has 0 amide bonds. The van der Waals surface area contributed by atoms with E-state index in [2.05, 4.69) is 6.58 Å². The van der Waals surface area contributed by atoms with Crippen LogP contribution >= 0.6 is 0 Å². The minimum Gasteiger partial charge on any atom is -0.512 e. The highest BCUT2D eigenvalue weighted by Crippen LogP contribution is 2.36. The standard InChI is InChI=1S/C11H16O2/c1-4-5-8-9(12)6-11(2,3)7-10(8)13/h4,12H,1,5-7H2,2-3H3. The van der Waals surface area contributed by atoms with E-state index in [9.17, 15) is 9.90 Å². The Balaban J connectivity index is 2.94. The van der Waals surface area contributed by atoms with Gasteiger partial charge in [-0.2, -0.15) is 0 Å². The van der Waals surface area contributed by atoms with Crippen LogP contribution in [0.3, 0.4) is 0 Å². The Labute approximate surface area is 79.0 Å². The van der Waals surface area contributed by atoms with Crippen molar-refractivity contribution in [2.45, 2.75) is 33.1 Å². The van der Waals surface area contributed by atoms with Gasteiger partial charge in [-0.3, -0.25) is 4.79 Å². The van der Waals surface area contributed by atoms with Gasteiger partial charge in [-0.1, -0.05) is 19.9 Å². The highest BCUT2D eigenvalue weighted by atomic mass is 16.3. The lowest BCUT2D eigenvalue weighted by Crippen LogP contribution is -2.25. The summed E-state index contributed by atoms with van der Waals surface area (Å²) in [6.07, 6.45) is 3.27. The van der Waals surface area contributed by atoms with Crippen molar-refractivity contribution in [1.29, 1.82) is 0 Å². The molecule has 0 unspecified atom stereocenters. The molecule has 0 aromatic carbocycles. The lowest BCUT2D eigenvalue weighted by atomic mass is 9.76. The van der Waals surface area contributed by atoms with Gasteiger partial charge in [-0.25, -0.2) is 0 Å². The van der Waals surface area contributed by atoms with Crippen LogP contribution in [0.2, 0.25) is 0 Å². The monoisotopic (exact) mass is 180 g/mol. The van der Waals surface area contributed by atoms with Gasteiger partial charge in [0.2, 0.25) is 0 Å². The Bertz CT molecular complexity index is 272. The van der Waals surface area contributed by atoms with Gasteiger partial charge in [0.05, 0.1) is 5.76 Å². The summed E-state index contributed by atoms with van der Waals surface area (Å²) in [5.41, 5.74) is 0.459. The smallest absolute Gasteiger partial charge is 0.163 e. The van der Waals surface area contributed by atoms with E-state index in [-0.39, 0.29) is 17.0 Å². The van der Waals surface area contributed by atoms with Gasteiger partial charge < -0.3 is 5.11 Å². The van der Waals surface area contributed by atoms with Crippen LogP contribution < -0.4 is 0 Å². The van der Waals surface area contributed by atoms with Crippen molar-refractivity contribution in [3.63, 3.8) is 0 Å². The van der Waals surface area contributed by atoms with Crippen LogP contribution in [-0.4, -0.2) is 10.9 Å². The van der Waals surface area contributed by atoms with E-state index < -0.39 is 0 Å². The van der Waals surface area contributed by atoms with E-state index in [1.54, 1.807) is 6.08 Å². The molecule has 0 aliphatic heterocycles. The number of rotatable bonds is 2. The van der Waals surface area contributed by atoms with Gasteiger partial charge >= 0.3 is 0 Å². The first-order chi connectivity index (χ1) is 5.96. The molecule has 1 rings (SSSR count). The summed E-state index contributed by atoms with van der Waals surface area (Å²) >= 11 is 0. The van der Waals surface area contributed by atoms with Crippen molar-refractivity contribution < 1.29 is 9.90 Å². The number of Topliss-reactive ketones (excluding diaryl/α,β-unsaturated/α-hetero) is 1. The second kappa shape index (κ2) is 3.36. The number of aliphatic hydroxyl groups is 1. The predicted octanol–water partition coefficient (Wildman–Crippen LogP) is 2.76. The SMILES string of the molecule is C=CCC1=C(O)CC(C)(C)CC1=O. The number of aliphatic hydroxyl groups excluding tert-OH is 1. The van der Waals surface area contributed by atoms with Crippen LogP contribution in [0.4, 0.5) is 0 Å². The summed E-state index contributed by atoms with van der Waals surface area (Å²) in [7, 11) is 0. The van der Waals surface area contributed by atoms with Crippen LogP contribution in [0.25, 0.3) is 0 Å². The molecule has 0 aromatic heterocycles. The first kappa shape index (κ1) is 10.0. The van der Waals surface area contributed by atoms with Crippen molar-refractivity contribution >= 4 is 5.78 Å². The molecule has 0 atom stereocenters. The van der Waals surface area contributed by atoms with E-state index in [1.165, 1.54) is 0 Å². The van der Waals surface area contributed by atoms with Crippen molar-refractivity contribution in [1.82, 2.24) is 0 Å². The maximum absolute atomic E-state index is 11.5. The third-order valence-electron chi connectivity index (χ3n) is 2.32. The summed E-state index contributed by atoms with van der Waals surface area (Å²) in [5, 5.41) is 9.62. The third-order valence-corrected chi connectivity index (χ3v) is 2.32. The van der Waals surface area contributed by atoms with Crippen molar-refractivity contribution in [2.75, 3.05) is 0 Å². The normalized spacial score (nSPS) is 21.8. The Hall–Kier alpha value is -1.05. The molecule has 0 bridgehead atoms. The van der Waals surface area contributed by atoms with E-state index >= 15 is 0 Å². The number of carbonyl (C=O) groups excluding carboxylic acids is 1. The quantitative estimate of drug-likeness (QED) is 0.663. The largest absolute Gasteiger partial charge is 0.512 e. The fourth-order valence-corrected chi connectivity index (χ4v) is 1.70. The van der Waals surface area contributed by atoms with E-state index in [4.69, 9.17) is 0 Å². The number of ketones is 1. The Kier molecular flexibility index (Phi) is 2.60. The Morgan fingerprint density at radius 1 is 1.54 bits per heavy atom.